The molecule has 1 fully saturated rings. The van der Waals surface area contributed by atoms with Gasteiger partial charge in [0, 0.05) is 31.7 Å². The lowest BCUT2D eigenvalue weighted by Crippen LogP contribution is -2.30. The molecule has 0 aromatic carbocycles. The molecule has 0 atom stereocenters. The van der Waals surface area contributed by atoms with Crippen LogP contribution in [0.1, 0.15) is 56.2 Å². The van der Waals surface area contributed by atoms with Gasteiger partial charge in [0.1, 0.15) is 5.82 Å². The molecule has 2 heterocycles. The number of aromatic nitrogens is 2. The molecular weight excluding hydrogens is 222 g/mol. The lowest BCUT2D eigenvalue weighted by molar-refractivity contribution is 0.180. The minimum Gasteiger partial charge on any atom is -0.331 e. The Hall–Kier alpha value is -0.830. The summed E-state index contributed by atoms with van der Waals surface area (Å²) in [6.45, 7) is 7.89. The van der Waals surface area contributed by atoms with Gasteiger partial charge in [-0.25, -0.2) is 4.98 Å². The van der Waals surface area contributed by atoms with Gasteiger partial charge in [0.15, 0.2) is 0 Å². The number of rotatable bonds is 2. The Morgan fingerprint density at radius 1 is 1.28 bits per heavy atom. The van der Waals surface area contributed by atoms with E-state index in [1.54, 1.807) is 0 Å². The summed E-state index contributed by atoms with van der Waals surface area (Å²) in [5.74, 6) is 1.22. The molecule has 1 N–H and O–H groups in total. The first-order chi connectivity index (χ1) is 8.68. The van der Waals surface area contributed by atoms with Gasteiger partial charge in [-0.05, 0) is 25.2 Å². The zero-order valence-corrected chi connectivity index (χ0v) is 11.8. The number of imidazole rings is 1. The fraction of sp³-hybridized carbons (Fsp3) is 0.800. The Morgan fingerprint density at radius 2 is 2.06 bits per heavy atom. The van der Waals surface area contributed by atoms with Crippen LogP contribution in [0, 0.1) is 12.3 Å². The largest absolute Gasteiger partial charge is 0.331 e. The van der Waals surface area contributed by atoms with E-state index in [2.05, 4.69) is 23.7 Å². The molecule has 3 rings (SSSR count). The highest BCUT2D eigenvalue weighted by Crippen LogP contribution is 2.38. The van der Waals surface area contributed by atoms with Gasteiger partial charge in [-0.3, -0.25) is 0 Å². The monoisotopic (exact) mass is 247 g/mol. The van der Waals surface area contributed by atoms with Crippen LogP contribution in [0.2, 0.25) is 0 Å². The van der Waals surface area contributed by atoms with Crippen LogP contribution in [-0.4, -0.2) is 16.1 Å². The molecular formula is C15H25N3. The Kier molecular flexibility index (Phi) is 3.18. The standard InChI is InChI=1S/C15H25N3/c1-12-17-13-10-16-9-6-14(13)18(12)11-15(2)7-4-3-5-8-15/h16H,3-11H2,1-2H3. The quantitative estimate of drug-likeness (QED) is 0.871. The van der Waals surface area contributed by atoms with Crippen LogP contribution in [0.25, 0.3) is 0 Å². The summed E-state index contributed by atoms with van der Waals surface area (Å²) in [6.07, 6.45) is 8.17. The van der Waals surface area contributed by atoms with Crippen molar-refractivity contribution in [2.24, 2.45) is 5.41 Å². The maximum absolute atomic E-state index is 4.75. The van der Waals surface area contributed by atoms with E-state index in [1.165, 1.54) is 55.9 Å². The van der Waals surface area contributed by atoms with Crippen molar-refractivity contribution in [3.63, 3.8) is 0 Å². The average Bonchev–Trinajstić information content (AvgIpc) is 2.67. The van der Waals surface area contributed by atoms with E-state index in [-0.39, 0.29) is 0 Å². The molecule has 3 heteroatoms. The molecule has 0 amide bonds. The zero-order valence-electron chi connectivity index (χ0n) is 11.8. The minimum atomic E-state index is 0.502. The maximum Gasteiger partial charge on any atom is 0.106 e. The molecule has 0 saturated heterocycles. The Balaban J connectivity index is 1.85. The van der Waals surface area contributed by atoms with E-state index < -0.39 is 0 Å². The number of hydrogen-bond acceptors (Lipinski definition) is 2. The summed E-state index contributed by atoms with van der Waals surface area (Å²) in [6, 6.07) is 0. The molecule has 0 unspecified atom stereocenters. The third-order valence-corrected chi connectivity index (χ3v) is 4.78. The Morgan fingerprint density at radius 3 is 2.83 bits per heavy atom. The van der Waals surface area contributed by atoms with Gasteiger partial charge in [-0.1, -0.05) is 26.2 Å². The third-order valence-electron chi connectivity index (χ3n) is 4.78. The number of aryl methyl sites for hydroxylation is 1. The van der Waals surface area contributed by atoms with E-state index in [1.807, 2.05) is 0 Å². The maximum atomic E-state index is 4.75. The zero-order chi connectivity index (χ0) is 12.6. The van der Waals surface area contributed by atoms with Crippen LogP contribution < -0.4 is 5.32 Å². The summed E-state index contributed by atoms with van der Waals surface area (Å²) in [5, 5.41) is 3.42. The summed E-state index contributed by atoms with van der Waals surface area (Å²) in [5.41, 5.74) is 3.29. The number of fused-ring (bicyclic) bond motifs is 1. The van der Waals surface area contributed by atoms with Crippen molar-refractivity contribution in [3.8, 4) is 0 Å². The van der Waals surface area contributed by atoms with E-state index in [9.17, 15) is 0 Å². The molecule has 1 saturated carbocycles. The van der Waals surface area contributed by atoms with E-state index in [4.69, 9.17) is 4.98 Å². The lowest BCUT2D eigenvalue weighted by atomic mass is 9.75. The number of nitrogens with zero attached hydrogens (tertiary/aromatic N) is 2. The molecule has 100 valence electrons. The molecule has 0 radical (unpaired) electrons. The van der Waals surface area contributed by atoms with Gasteiger partial charge in [0.2, 0.25) is 0 Å². The second-order valence-electron chi connectivity index (χ2n) is 6.44. The van der Waals surface area contributed by atoms with Crippen molar-refractivity contribution in [1.29, 1.82) is 0 Å². The second kappa shape index (κ2) is 4.69. The molecule has 2 aliphatic rings. The first-order valence-corrected chi connectivity index (χ1v) is 7.44. The summed E-state index contributed by atoms with van der Waals surface area (Å²) >= 11 is 0. The fourth-order valence-electron chi connectivity index (χ4n) is 3.66. The topological polar surface area (TPSA) is 29.9 Å². The highest BCUT2D eigenvalue weighted by molar-refractivity contribution is 5.20. The molecule has 0 bridgehead atoms. The van der Waals surface area contributed by atoms with Crippen LogP contribution in [0.15, 0.2) is 0 Å². The predicted molar refractivity (Wildman–Crippen MR) is 73.6 cm³/mol. The van der Waals surface area contributed by atoms with Gasteiger partial charge in [-0.2, -0.15) is 0 Å². The van der Waals surface area contributed by atoms with Crippen LogP contribution in [0.5, 0.6) is 0 Å². The normalized spacial score (nSPS) is 22.8. The molecule has 0 spiro atoms. The van der Waals surface area contributed by atoms with Crippen LogP contribution in [0.4, 0.5) is 0 Å². The molecule has 1 aromatic rings. The minimum absolute atomic E-state index is 0.502. The number of nitrogens with one attached hydrogen (secondary N) is 1. The van der Waals surface area contributed by atoms with Gasteiger partial charge in [0.05, 0.1) is 5.69 Å². The Bertz CT molecular complexity index is 427. The van der Waals surface area contributed by atoms with Crippen molar-refractivity contribution in [3.05, 3.63) is 17.2 Å². The smallest absolute Gasteiger partial charge is 0.106 e. The molecule has 3 nitrogen and oxygen atoms in total. The SMILES string of the molecule is Cc1nc2c(n1CC1(C)CCCCC1)CCNC2. The van der Waals surface area contributed by atoms with Crippen molar-refractivity contribution in [2.45, 2.75) is 65.5 Å². The lowest BCUT2D eigenvalue weighted by Gasteiger charge is -2.35. The molecule has 1 aliphatic heterocycles. The third kappa shape index (κ3) is 2.20. The first-order valence-electron chi connectivity index (χ1n) is 7.44. The van der Waals surface area contributed by atoms with Gasteiger partial charge in [-0.15, -0.1) is 0 Å². The van der Waals surface area contributed by atoms with Gasteiger partial charge in [0.25, 0.3) is 0 Å². The van der Waals surface area contributed by atoms with Crippen molar-refractivity contribution < 1.29 is 0 Å². The predicted octanol–water partition coefficient (Wildman–Crippen LogP) is 2.81. The van der Waals surface area contributed by atoms with Crippen molar-refractivity contribution in [2.75, 3.05) is 6.54 Å². The van der Waals surface area contributed by atoms with Gasteiger partial charge >= 0.3 is 0 Å². The molecule has 1 aliphatic carbocycles. The second-order valence-corrected chi connectivity index (χ2v) is 6.44. The van der Waals surface area contributed by atoms with E-state index >= 15 is 0 Å². The Labute approximate surface area is 110 Å². The van der Waals surface area contributed by atoms with Crippen LogP contribution >= 0.6 is 0 Å². The van der Waals surface area contributed by atoms with Gasteiger partial charge < -0.3 is 9.88 Å². The summed E-state index contributed by atoms with van der Waals surface area (Å²) in [4.78, 5) is 4.75. The van der Waals surface area contributed by atoms with Crippen molar-refractivity contribution >= 4 is 0 Å². The first kappa shape index (κ1) is 12.2. The summed E-state index contributed by atoms with van der Waals surface area (Å²) in [7, 11) is 0. The molecule has 18 heavy (non-hydrogen) atoms. The fourth-order valence-corrected chi connectivity index (χ4v) is 3.66. The van der Waals surface area contributed by atoms with E-state index in [0.29, 0.717) is 5.41 Å². The van der Waals surface area contributed by atoms with E-state index in [0.717, 1.165) is 19.5 Å². The van der Waals surface area contributed by atoms with Crippen LogP contribution in [0.3, 0.4) is 0 Å². The molecule has 1 aromatic heterocycles. The summed E-state index contributed by atoms with van der Waals surface area (Å²) < 4.78 is 2.52. The van der Waals surface area contributed by atoms with Crippen molar-refractivity contribution in [1.82, 2.24) is 14.9 Å². The average molecular weight is 247 g/mol. The highest BCUT2D eigenvalue weighted by atomic mass is 15.1. The highest BCUT2D eigenvalue weighted by Gasteiger charge is 2.29. The van der Waals surface area contributed by atoms with Crippen LogP contribution in [-0.2, 0) is 19.5 Å². The number of hydrogen-bond donors (Lipinski definition) is 1.